The van der Waals surface area contributed by atoms with Crippen molar-refractivity contribution in [2.75, 3.05) is 5.90 Å². The van der Waals surface area contributed by atoms with Gasteiger partial charge >= 0.3 is 7.60 Å². The third-order valence-electron chi connectivity index (χ3n) is 3.95. The lowest BCUT2D eigenvalue weighted by Gasteiger charge is -2.27. The second-order valence-corrected chi connectivity index (χ2v) is 10.9. The van der Waals surface area contributed by atoms with Crippen LogP contribution in [0.3, 0.4) is 0 Å². The molecule has 1 aliphatic rings. The van der Waals surface area contributed by atoms with Gasteiger partial charge in [0.2, 0.25) is 7.37 Å². The SMILES string of the molecule is CC(C)c1ccc(P(=O)(O)CP2(=O)OCc3ccccc3O2)cc1. The first kappa shape index (κ1) is 17.4. The van der Waals surface area contributed by atoms with Crippen LogP contribution in [0.1, 0.15) is 30.9 Å². The fourth-order valence-corrected chi connectivity index (χ4v) is 7.10. The summed E-state index contributed by atoms with van der Waals surface area (Å²) in [4.78, 5) is 10.4. The molecule has 0 saturated carbocycles. The van der Waals surface area contributed by atoms with Crippen LogP contribution in [0, 0.1) is 0 Å². The van der Waals surface area contributed by atoms with E-state index < -0.39 is 20.9 Å². The Morgan fingerprint density at radius 1 is 1.17 bits per heavy atom. The maximum atomic E-state index is 12.8. The number of benzene rings is 2. The van der Waals surface area contributed by atoms with E-state index in [9.17, 15) is 14.0 Å². The van der Waals surface area contributed by atoms with Gasteiger partial charge in [-0.3, -0.25) is 9.09 Å². The van der Waals surface area contributed by atoms with Crippen LogP contribution in [0.25, 0.3) is 0 Å². The summed E-state index contributed by atoms with van der Waals surface area (Å²) >= 11 is 0. The second kappa shape index (κ2) is 6.50. The maximum absolute atomic E-state index is 12.8. The molecule has 0 saturated heterocycles. The van der Waals surface area contributed by atoms with Crippen molar-refractivity contribution in [2.24, 2.45) is 0 Å². The Morgan fingerprint density at radius 3 is 2.50 bits per heavy atom. The van der Waals surface area contributed by atoms with Crippen molar-refractivity contribution in [3.8, 4) is 5.75 Å². The Balaban J connectivity index is 1.81. The van der Waals surface area contributed by atoms with Gasteiger partial charge in [0.1, 0.15) is 11.7 Å². The smallest absolute Gasteiger partial charge is 0.389 e. The van der Waals surface area contributed by atoms with E-state index in [1.54, 1.807) is 24.3 Å². The fraction of sp³-hybridized carbons (Fsp3) is 0.294. The molecule has 0 fully saturated rings. The minimum absolute atomic E-state index is 0.111. The van der Waals surface area contributed by atoms with Crippen molar-refractivity contribution in [3.05, 3.63) is 59.7 Å². The van der Waals surface area contributed by atoms with Crippen molar-refractivity contribution in [1.82, 2.24) is 0 Å². The van der Waals surface area contributed by atoms with E-state index in [2.05, 4.69) is 0 Å². The van der Waals surface area contributed by atoms with Gasteiger partial charge < -0.3 is 9.42 Å². The van der Waals surface area contributed by atoms with E-state index in [4.69, 9.17) is 9.05 Å². The molecule has 0 bridgehead atoms. The van der Waals surface area contributed by atoms with Crippen molar-refractivity contribution in [2.45, 2.75) is 26.4 Å². The van der Waals surface area contributed by atoms with Gasteiger partial charge in [-0.15, -0.1) is 0 Å². The molecule has 1 heterocycles. The second-order valence-electron chi connectivity index (χ2n) is 6.17. The molecule has 0 radical (unpaired) electrons. The van der Waals surface area contributed by atoms with Crippen LogP contribution < -0.4 is 9.83 Å². The minimum Gasteiger partial charge on any atom is -0.424 e. The normalized spacial score (nSPS) is 22.5. The van der Waals surface area contributed by atoms with Gasteiger partial charge in [-0.25, -0.2) is 4.57 Å². The third kappa shape index (κ3) is 3.65. The zero-order valence-electron chi connectivity index (χ0n) is 13.6. The van der Waals surface area contributed by atoms with Crippen molar-refractivity contribution < 1.29 is 23.1 Å². The van der Waals surface area contributed by atoms with Crippen LogP contribution in [-0.2, 0) is 20.3 Å². The first-order valence-electron chi connectivity index (χ1n) is 7.72. The van der Waals surface area contributed by atoms with Crippen LogP contribution in [0.4, 0.5) is 0 Å². The molecule has 24 heavy (non-hydrogen) atoms. The molecule has 2 unspecified atom stereocenters. The summed E-state index contributed by atoms with van der Waals surface area (Å²) in [6.45, 7) is 4.21. The molecule has 2 aromatic carbocycles. The van der Waals surface area contributed by atoms with Gasteiger partial charge in [-0.2, -0.15) is 0 Å². The van der Waals surface area contributed by atoms with Crippen LogP contribution in [-0.4, -0.2) is 10.8 Å². The summed E-state index contributed by atoms with van der Waals surface area (Å²) < 4.78 is 36.2. The highest BCUT2D eigenvalue weighted by Crippen LogP contribution is 2.62. The number of fused-ring (bicyclic) bond motifs is 1. The summed E-state index contributed by atoms with van der Waals surface area (Å²) in [6, 6.07) is 13.9. The topological polar surface area (TPSA) is 72.8 Å². The standard InChI is InChI=1S/C17H20O5P2/c1-13(2)14-7-9-16(10-8-14)23(18,19)12-24(20)21-11-15-5-3-4-6-17(15)22-24/h3-10,13H,11-12H2,1-2H3,(H,18,19). The Labute approximate surface area is 141 Å². The minimum atomic E-state index is -3.85. The number of rotatable bonds is 4. The van der Waals surface area contributed by atoms with Gasteiger partial charge in [0.15, 0.2) is 0 Å². The Kier molecular flexibility index (Phi) is 4.72. The molecule has 1 N–H and O–H groups in total. The Bertz CT molecular complexity index is 829. The highest BCUT2D eigenvalue weighted by Gasteiger charge is 2.40. The highest BCUT2D eigenvalue weighted by atomic mass is 31.2. The van der Waals surface area contributed by atoms with Crippen LogP contribution in [0.2, 0.25) is 0 Å². The van der Waals surface area contributed by atoms with Crippen molar-refractivity contribution >= 4 is 20.3 Å². The van der Waals surface area contributed by atoms with Gasteiger partial charge in [-0.1, -0.05) is 44.2 Å². The van der Waals surface area contributed by atoms with Crippen LogP contribution >= 0.6 is 15.0 Å². The van der Waals surface area contributed by atoms with E-state index in [0.29, 0.717) is 11.7 Å². The summed E-state index contributed by atoms with van der Waals surface area (Å²) in [5, 5.41) is 0.258. The average Bonchev–Trinajstić information content (AvgIpc) is 2.54. The maximum Gasteiger partial charge on any atom is 0.389 e. The number of hydrogen-bond acceptors (Lipinski definition) is 4. The largest absolute Gasteiger partial charge is 0.424 e. The fourth-order valence-electron chi connectivity index (χ4n) is 2.53. The number of hydrogen-bond donors (Lipinski definition) is 1. The van der Waals surface area contributed by atoms with E-state index in [-0.39, 0.29) is 11.9 Å². The molecule has 5 nitrogen and oxygen atoms in total. The van der Waals surface area contributed by atoms with E-state index in [0.717, 1.165) is 11.1 Å². The Hall–Kier alpha value is -1.38. The summed E-state index contributed by atoms with van der Waals surface area (Å²) in [5.41, 5.74) is 1.85. The lowest BCUT2D eigenvalue weighted by molar-refractivity contribution is 0.235. The van der Waals surface area contributed by atoms with Crippen molar-refractivity contribution in [1.29, 1.82) is 0 Å². The summed E-state index contributed by atoms with van der Waals surface area (Å²) in [6.07, 6.45) is 0. The summed E-state index contributed by atoms with van der Waals surface area (Å²) in [5.74, 6) is 0.245. The Morgan fingerprint density at radius 2 is 1.83 bits per heavy atom. The van der Waals surface area contributed by atoms with Gasteiger partial charge in [0.25, 0.3) is 0 Å². The zero-order chi connectivity index (χ0) is 17.4. The van der Waals surface area contributed by atoms with E-state index in [1.165, 1.54) is 0 Å². The molecule has 128 valence electrons. The van der Waals surface area contributed by atoms with Gasteiger partial charge in [-0.05, 0) is 29.7 Å². The molecular weight excluding hydrogens is 346 g/mol. The molecule has 0 amide bonds. The van der Waals surface area contributed by atoms with Crippen molar-refractivity contribution in [3.63, 3.8) is 0 Å². The predicted octanol–water partition coefficient (Wildman–Crippen LogP) is 4.47. The number of para-hydroxylation sites is 1. The molecule has 2 atom stereocenters. The predicted molar refractivity (Wildman–Crippen MR) is 94.3 cm³/mol. The molecule has 0 aromatic heterocycles. The van der Waals surface area contributed by atoms with Gasteiger partial charge in [0.05, 0.1) is 6.61 Å². The first-order valence-corrected chi connectivity index (χ1v) is 11.3. The lowest BCUT2D eigenvalue weighted by Crippen LogP contribution is -2.14. The summed E-state index contributed by atoms with van der Waals surface area (Å²) in [7, 11) is -7.53. The lowest BCUT2D eigenvalue weighted by atomic mass is 10.0. The molecule has 2 aromatic rings. The molecule has 1 aliphatic heterocycles. The molecular formula is C17H20O5P2. The zero-order valence-corrected chi connectivity index (χ0v) is 15.4. The van der Waals surface area contributed by atoms with Crippen LogP contribution in [0.15, 0.2) is 48.5 Å². The highest BCUT2D eigenvalue weighted by molar-refractivity contribution is 7.78. The van der Waals surface area contributed by atoms with Crippen LogP contribution in [0.5, 0.6) is 5.75 Å². The molecule has 0 spiro atoms. The average molecular weight is 366 g/mol. The quantitative estimate of drug-likeness (QED) is 0.809. The molecule has 7 heteroatoms. The van der Waals surface area contributed by atoms with E-state index in [1.807, 2.05) is 38.1 Å². The third-order valence-corrected chi connectivity index (χ3v) is 8.98. The molecule has 0 aliphatic carbocycles. The van der Waals surface area contributed by atoms with Gasteiger partial charge in [0, 0.05) is 10.9 Å². The monoisotopic (exact) mass is 366 g/mol. The molecule has 3 rings (SSSR count). The first-order chi connectivity index (χ1) is 11.3. The van der Waals surface area contributed by atoms with E-state index >= 15 is 0 Å².